The van der Waals surface area contributed by atoms with Crippen LogP contribution < -0.4 is 0 Å². The van der Waals surface area contributed by atoms with Crippen LogP contribution in [0.1, 0.15) is 19.7 Å². The van der Waals surface area contributed by atoms with E-state index in [0.717, 1.165) is 51.6 Å². The molecule has 1 N–H and O–H groups in total. The molecule has 1 aromatic rings. The van der Waals surface area contributed by atoms with Crippen molar-refractivity contribution in [1.29, 1.82) is 0 Å². The molecule has 2 aliphatic heterocycles. The Bertz CT molecular complexity index is 466. The van der Waals surface area contributed by atoms with Crippen LogP contribution in [-0.4, -0.2) is 75.9 Å². The Morgan fingerprint density at radius 2 is 2.10 bits per heavy atom. The molecule has 0 aliphatic carbocycles. The molecule has 1 amide bonds. The van der Waals surface area contributed by atoms with E-state index in [4.69, 9.17) is 0 Å². The van der Waals surface area contributed by atoms with Gasteiger partial charge in [0, 0.05) is 64.6 Å². The van der Waals surface area contributed by atoms with Gasteiger partial charge < -0.3 is 9.88 Å². The summed E-state index contributed by atoms with van der Waals surface area (Å²) in [6, 6.07) is 0.606. The molecule has 0 spiro atoms. The summed E-state index contributed by atoms with van der Waals surface area (Å²) in [5.41, 5.74) is 0. The second-order valence-electron chi connectivity index (χ2n) is 6.32. The minimum atomic E-state index is 0.202. The third kappa shape index (κ3) is 3.27. The van der Waals surface area contributed by atoms with E-state index in [1.54, 1.807) is 6.92 Å². The fourth-order valence-electron chi connectivity index (χ4n) is 3.62. The number of piperazine rings is 1. The van der Waals surface area contributed by atoms with Crippen LogP contribution in [-0.2, 0) is 11.3 Å². The highest BCUT2D eigenvalue weighted by atomic mass is 16.2. The minimum Gasteiger partial charge on any atom is -0.348 e. The van der Waals surface area contributed by atoms with E-state index < -0.39 is 0 Å². The largest absolute Gasteiger partial charge is 0.348 e. The van der Waals surface area contributed by atoms with E-state index in [2.05, 4.69) is 26.7 Å². The Kier molecular flexibility index (Phi) is 4.26. The molecule has 3 rings (SSSR count). The number of amides is 1. The summed E-state index contributed by atoms with van der Waals surface area (Å²) in [5.74, 6) is 1.92. The van der Waals surface area contributed by atoms with Gasteiger partial charge in [0.25, 0.3) is 0 Å². The molecule has 1 aromatic heterocycles. The predicted octanol–water partition coefficient (Wildman–Crippen LogP) is 0.394. The number of rotatable bonds is 3. The molecule has 0 radical (unpaired) electrons. The van der Waals surface area contributed by atoms with Crippen molar-refractivity contribution in [3.8, 4) is 0 Å². The highest BCUT2D eigenvalue weighted by Gasteiger charge is 2.35. The Labute approximate surface area is 126 Å². The summed E-state index contributed by atoms with van der Waals surface area (Å²) in [4.78, 5) is 25.9. The highest BCUT2D eigenvalue weighted by molar-refractivity contribution is 5.73. The molecular weight excluding hydrogens is 266 g/mol. The SMILES string of the molecule is CC(=O)N1CCN([C@H]2CN(Cc3ncc[nH]3)C[C@H]2C)CC1. The number of imidazole rings is 1. The maximum atomic E-state index is 11.4. The van der Waals surface area contributed by atoms with E-state index in [9.17, 15) is 4.79 Å². The molecule has 6 heteroatoms. The Hall–Kier alpha value is -1.40. The molecule has 2 atom stereocenters. The van der Waals surface area contributed by atoms with E-state index in [-0.39, 0.29) is 5.91 Å². The van der Waals surface area contributed by atoms with Crippen LogP contribution in [0, 0.1) is 5.92 Å². The van der Waals surface area contributed by atoms with Crippen LogP contribution in [0.2, 0.25) is 0 Å². The number of aromatic amines is 1. The van der Waals surface area contributed by atoms with Crippen molar-refractivity contribution in [3.05, 3.63) is 18.2 Å². The average molecular weight is 291 g/mol. The summed E-state index contributed by atoms with van der Waals surface area (Å²) in [5, 5.41) is 0. The van der Waals surface area contributed by atoms with Crippen LogP contribution in [0.3, 0.4) is 0 Å². The number of aromatic nitrogens is 2. The van der Waals surface area contributed by atoms with E-state index >= 15 is 0 Å². The fourth-order valence-corrected chi connectivity index (χ4v) is 3.62. The molecule has 2 aliphatic rings. The van der Waals surface area contributed by atoms with E-state index in [0.29, 0.717) is 12.0 Å². The molecule has 0 aromatic carbocycles. The van der Waals surface area contributed by atoms with E-state index in [1.807, 2.05) is 17.3 Å². The van der Waals surface area contributed by atoms with Crippen LogP contribution in [0.4, 0.5) is 0 Å². The van der Waals surface area contributed by atoms with Crippen LogP contribution >= 0.6 is 0 Å². The molecule has 2 fully saturated rings. The maximum Gasteiger partial charge on any atom is 0.219 e. The molecule has 0 bridgehead atoms. The number of hydrogen-bond donors (Lipinski definition) is 1. The minimum absolute atomic E-state index is 0.202. The number of H-pyrrole nitrogens is 1. The van der Waals surface area contributed by atoms with Gasteiger partial charge in [-0.05, 0) is 5.92 Å². The zero-order valence-corrected chi connectivity index (χ0v) is 13.0. The molecule has 3 heterocycles. The zero-order valence-electron chi connectivity index (χ0n) is 13.0. The smallest absolute Gasteiger partial charge is 0.219 e. The second-order valence-corrected chi connectivity index (χ2v) is 6.32. The number of nitrogens with zero attached hydrogens (tertiary/aromatic N) is 4. The lowest BCUT2D eigenvalue weighted by Gasteiger charge is -2.39. The quantitative estimate of drug-likeness (QED) is 0.875. The van der Waals surface area contributed by atoms with E-state index in [1.165, 1.54) is 0 Å². The zero-order chi connectivity index (χ0) is 14.8. The lowest BCUT2D eigenvalue weighted by molar-refractivity contribution is -0.130. The normalized spacial score (nSPS) is 28.2. The Morgan fingerprint density at radius 1 is 1.33 bits per heavy atom. The standard InChI is InChI=1S/C15H25N5O/c1-12-9-18(11-15-16-3-4-17-15)10-14(12)20-7-5-19(6-8-20)13(2)21/h3-4,12,14H,5-11H2,1-2H3,(H,16,17)/t12-,14+/m1/s1. The lowest BCUT2D eigenvalue weighted by Crippen LogP contribution is -2.53. The van der Waals surface area contributed by atoms with Crippen molar-refractivity contribution in [2.24, 2.45) is 5.92 Å². The molecule has 6 nitrogen and oxygen atoms in total. The van der Waals surface area contributed by atoms with Crippen LogP contribution in [0.5, 0.6) is 0 Å². The van der Waals surface area contributed by atoms with Gasteiger partial charge in [0.05, 0.1) is 6.54 Å². The second kappa shape index (κ2) is 6.15. The summed E-state index contributed by atoms with van der Waals surface area (Å²) in [7, 11) is 0. The summed E-state index contributed by atoms with van der Waals surface area (Å²) >= 11 is 0. The first-order chi connectivity index (χ1) is 10.1. The van der Waals surface area contributed by atoms with Gasteiger partial charge in [-0.2, -0.15) is 0 Å². The molecule has 0 saturated carbocycles. The number of hydrogen-bond acceptors (Lipinski definition) is 4. The lowest BCUT2D eigenvalue weighted by atomic mass is 10.0. The molecule has 0 unspecified atom stereocenters. The summed E-state index contributed by atoms with van der Waals surface area (Å²) < 4.78 is 0. The molecule has 116 valence electrons. The van der Waals surface area contributed by atoms with Gasteiger partial charge in [-0.25, -0.2) is 4.98 Å². The van der Waals surface area contributed by atoms with Gasteiger partial charge in [0.2, 0.25) is 5.91 Å². The van der Waals surface area contributed by atoms with Gasteiger partial charge in [0.1, 0.15) is 5.82 Å². The average Bonchev–Trinajstić information content (AvgIpc) is 3.09. The van der Waals surface area contributed by atoms with Crippen molar-refractivity contribution in [3.63, 3.8) is 0 Å². The highest BCUT2D eigenvalue weighted by Crippen LogP contribution is 2.23. The van der Waals surface area contributed by atoms with Crippen molar-refractivity contribution in [2.45, 2.75) is 26.4 Å². The monoisotopic (exact) mass is 291 g/mol. The molecule has 2 saturated heterocycles. The first-order valence-corrected chi connectivity index (χ1v) is 7.83. The van der Waals surface area contributed by atoms with Gasteiger partial charge in [-0.3, -0.25) is 14.6 Å². The number of likely N-dealkylation sites (tertiary alicyclic amines) is 1. The third-order valence-corrected chi connectivity index (χ3v) is 4.81. The van der Waals surface area contributed by atoms with Gasteiger partial charge in [0.15, 0.2) is 0 Å². The number of carbonyl (C=O) groups excluding carboxylic acids is 1. The molecular formula is C15H25N5O. The first-order valence-electron chi connectivity index (χ1n) is 7.83. The fraction of sp³-hybridized carbons (Fsp3) is 0.733. The van der Waals surface area contributed by atoms with Crippen molar-refractivity contribution < 1.29 is 4.79 Å². The van der Waals surface area contributed by atoms with Crippen molar-refractivity contribution in [1.82, 2.24) is 24.7 Å². The van der Waals surface area contributed by atoms with Crippen molar-refractivity contribution in [2.75, 3.05) is 39.3 Å². The predicted molar refractivity (Wildman–Crippen MR) is 80.6 cm³/mol. The number of carbonyl (C=O) groups is 1. The Morgan fingerprint density at radius 3 is 2.71 bits per heavy atom. The maximum absolute atomic E-state index is 11.4. The summed E-state index contributed by atoms with van der Waals surface area (Å²) in [6.07, 6.45) is 3.70. The van der Waals surface area contributed by atoms with Gasteiger partial charge in [-0.1, -0.05) is 6.92 Å². The number of nitrogens with one attached hydrogen (secondary N) is 1. The molecule has 21 heavy (non-hydrogen) atoms. The first kappa shape index (κ1) is 14.5. The van der Waals surface area contributed by atoms with Gasteiger partial charge >= 0.3 is 0 Å². The van der Waals surface area contributed by atoms with Crippen molar-refractivity contribution >= 4 is 5.91 Å². The van der Waals surface area contributed by atoms with Gasteiger partial charge in [-0.15, -0.1) is 0 Å². The Balaban J connectivity index is 1.53. The third-order valence-electron chi connectivity index (χ3n) is 4.81. The van der Waals surface area contributed by atoms with Crippen LogP contribution in [0.15, 0.2) is 12.4 Å². The summed E-state index contributed by atoms with van der Waals surface area (Å²) in [6.45, 7) is 10.9. The van der Waals surface area contributed by atoms with Crippen LogP contribution in [0.25, 0.3) is 0 Å². The topological polar surface area (TPSA) is 55.5 Å².